The molecule has 2 amide bonds. The van der Waals surface area contributed by atoms with Crippen molar-refractivity contribution in [1.82, 2.24) is 0 Å². The zero-order chi connectivity index (χ0) is 20.9. The molecule has 0 aliphatic carbocycles. The SMILES string of the molecule is C[C@H](OC(=O)[C@@](C)(O)[C@H](C)c1ccccc1)C(=O)Nc1ccc(C(N)=O)cc1. The van der Waals surface area contributed by atoms with Crippen LogP contribution in [-0.2, 0) is 14.3 Å². The molecule has 0 radical (unpaired) electrons. The number of nitrogens with two attached hydrogens (primary N) is 1. The fraction of sp³-hybridized carbons (Fsp3) is 0.286. The molecule has 7 heteroatoms. The van der Waals surface area contributed by atoms with Crippen LogP contribution in [-0.4, -0.2) is 34.6 Å². The third-order valence-electron chi connectivity index (χ3n) is 4.65. The summed E-state index contributed by atoms with van der Waals surface area (Å²) in [5.41, 5.74) is 4.86. The molecule has 0 aromatic heterocycles. The predicted octanol–water partition coefficient (Wildman–Crippen LogP) is 2.21. The summed E-state index contributed by atoms with van der Waals surface area (Å²) in [4.78, 5) is 35.8. The van der Waals surface area contributed by atoms with Crippen molar-refractivity contribution in [3.05, 3.63) is 65.7 Å². The first-order chi connectivity index (χ1) is 13.1. The van der Waals surface area contributed by atoms with Gasteiger partial charge in [-0.15, -0.1) is 0 Å². The lowest BCUT2D eigenvalue weighted by Crippen LogP contribution is -2.44. The molecule has 0 saturated heterocycles. The van der Waals surface area contributed by atoms with Crippen LogP contribution < -0.4 is 11.1 Å². The highest BCUT2D eigenvalue weighted by atomic mass is 16.6. The maximum absolute atomic E-state index is 12.5. The third kappa shape index (κ3) is 4.95. The van der Waals surface area contributed by atoms with Crippen molar-refractivity contribution in [3.8, 4) is 0 Å². The maximum Gasteiger partial charge on any atom is 0.339 e. The van der Waals surface area contributed by atoms with Gasteiger partial charge >= 0.3 is 5.97 Å². The number of primary amides is 1. The Labute approximate surface area is 163 Å². The Morgan fingerprint density at radius 3 is 2.14 bits per heavy atom. The van der Waals surface area contributed by atoms with Crippen LogP contribution in [0.2, 0.25) is 0 Å². The topological polar surface area (TPSA) is 119 Å². The monoisotopic (exact) mass is 384 g/mol. The molecular weight excluding hydrogens is 360 g/mol. The average molecular weight is 384 g/mol. The highest BCUT2D eigenvalue weighted by molar-refractivity contribution is 5.97. The molecule has 0 saturated carbocycles. The molecule has 2 rings (SSSR count). The van der Waals surface area contributed by atoms with E-state index >= 15 is 0 Å². The number of anilines is 1. The number of hydrogen-bond acceptors (Lipinski definition) is 5. The van der Waals surface area contributed by atoms with Gasteiger partial charge in [0, 0.05) is 17.2 Å². The first-order valence-corrected chi connectivity index (χ1v) is 8.82. The van der Waals surface area contributed by atoms with E-state index in [4.69, 9.17) is 10.5 Å². The molecule has 148 valence electrons. The molecule has 0 bridgehead atoms. The maximum atomic E-state index is 12.5. The second-order valence-corrected chi connectivity index (χ2v) is 6.76. The molecule has 3 atom stereocenters. The largest absolute Gasteiger partial charge is 0.450 e. The van der Waals surface area contributed by atoms with Crippen LogP contribution in [0.15, 0.2) is 54.6 Å². The highest BCUT2D eigenvalue weighted by Gasteiger charge is 2.40. The van der Waals surface area contributed by atoms with Crippen molar-refractivity contribution < 1.29 is 24.2 Å². The van der Waals surface area contributed by atoms with Crippen molar-refractivity contribution in [2.45, 2.75) is 38.4 Å². The first kappa shape index (κ1) is 21.1. The second-order valence-electron chi connectivity index (χ2n) is 6.76. The summed E-state index contributed by atoms with van der Waals surface area (Å²) < 4.78 is 5.18. The summed E-state index contributed by atoms with van der Waals surface area (Å²) in [6.45, 7) is 4.48. The molecule has 0 aliphatic heterocycles. The van der Waals surface area contributed by atoms with Crippen molar-refractivity contribution >= 4 is 23.5 Å². The Morgan fingerprint density at radius 2 is 1.61 bits per heavy atom. The van der Waals surface area contributed by atoms with Gasteiger partial charge in [-0.25, -0.2) is 4.79 Å². The van der Waals surface area contributed by atoms with Crippen molar-refractivity contribution in [2.24, 2.45) is 5.73 Å². The van der Waals surface area contributed by atoms with Crippen molar-refractivity contribution in [2.75, 3.05) is 5.32 Å². The Bertz CT molecular complexity index is 847. The summed E-state index contributed by atoms with van der Waals surface area (Å²) in [5, 5.41) is 13.2. The summed E-state index contributed by atoms with van der Waals surface area (Å²) in [6, 6.07) is 15.0. The van der Waals surface area contributed by atoms with Crippen LogP contribution in [0.4, 0.5) is 5.69 Å². The minimum Gasteiger partial charge on any atom is -0.450 e. The summed E-state index contributed by atoms with van der Waals surface area (Å²) in [5.74, 6) is -2.56. The second kappa shape index (κ2) is 8.67. The number of carbonyl (C=O) groups excluding carboxylic acids is 3. The Kier molecular flexibility index (Phi) is 6.53. The molecule has 0 aliphatic rings. The molecule has 0 fully saturated rings. The molecule has 2 aromatic rings. The summed E-state index contributed by atoms with van der Waals surface area (Å²) in [6.07, 6.45) is -1.13. The number of hydrogen-bond donors (Lipinski definition) is 3. The number of esters is 1. The number of ether oxygens (including phenoxy) is 1. The fourth-order valence-corrected chi connectivity index (χ4v) is 2.54. The van der Waals surface area contributed by atoms with E-state index in [-0.39, 0.29) is 0 Å². The van der Waals surface area contributed by atoms with Gasteiger partial charge in [0.25, 0.3) is 5.91 Å². The van der Waals surface area contributed by atoms with Gasteiger partial charge in [0.05, 0.1) is 0 Å². The van der Waals surface area contributed by atoms with Gasteiger partial charge in [-0.1, -0.05) is 37.3 Å². The van der Waals surface area contributed by atoms with E-state index in [1.807, 2.05) is 18.2 Å². The smallest absolute Gasteiger partial charge is 0.339 e. The Balaban J connectivity index is 2.00. The van der Waals surface area contributed by atoms with E-state index in [1.54, 1.807) is 19.1 Å². The number of nitrogens with one attached hydrogen (secondary N) is 1. The molecule has 0 unspecified atom stereocenters. The zero-order valence-corrected chi connectivity index (χ0v) is 16.0. The number of rotatable bonds is 7. The Morgan fingerprint density at radius 1 is 1.04 bits per heavy atom. The van der Waals surface area contributed by atoms with Crippen molar-refractivity contribution in [1.29, 1.82) is 0 Å². The van der Waals surface area contributed by atoms with Gasteiger partial charge in [-0.3, -0.25) is 9.59 Å². The normalized spacial score (nSPS) is 15.0. The van der Waals surface area contributed by atoms with Gasteiger partial charge in [-0.2, -0.15) is 0 Å². The molecule has 4 N–H and O–H groups in total. The molecule has 28 heavy (non-hydrogen) atoms. The lowest BCUT2D eigenvalue weighted by molar-refractivity contribution is -0.172. The lowest BCUT2D eigenvalue weighted by atomic mass is 9.85. The number of amides is 2. The van der Waals surface area contributed by atoms with Crippen LogP contribution in [0, 0.1) is 0 Å². The number of benzene rings is 2. The van der Waals surface area contributed by atoms with E-state index < -0.39 is 35.4 Å². The van der Waals surface area contributed by atoms with Crippen LogP contribution in [0.1, 0.15) is 42.6 Å². The highest BCUT2D eigenvalue weighted by Crippen LogP contribution is 2.29. The molecule has 2 aromatic carbocycles. The van der Waals surface area contributed by atoms with E-state index in [1.165, 1.54) is 38.1 Å². The first-order valence-electron chi connectivity index (χ1n) is 8.82. The van der Waals surface area contributed by atoms with E-state index in [0.717, 1.165) is 5.56 Å². The van der Waals surface area contributed by atoms with Crippen LogP contribution >= 0.6 is 0 Å². The Hall–Kier alpha value is -3.19. The van der Waals surface area contributed by atoms with Crippen LogP contribution in [0.5, 0.6) is 0 Å². The quantitative estimate of drug-likeness (QED) is 0.633. The summed E-state index contributed by atoms with van der Waals surface area (Å²) in [7, 11) is 0. The van der Waals surface area contributed by atoms with Crippen LogP contribution in [0.3, 0.4) is 0 Å². The molecule has 0 heterocycles. The zero-order valence-electron chi connectivity index (χ0n) is 16.0. The average Bonchev–Trinajstić information content (AvgIpc) is 2.68. The van der Waals surface area contributed by atoms with E-state index in [0.29, 0.717) is 11.3 Å². The minimum atomic E-state index is -1.81. The predicted molar refractivity (Wildman–Crippen MR) is 105 cm³/mol. The molecule has 7 nitrogen and oxygen atoms in total. The summed E-state index contributed by atoms with van der Waals surface area (Å²) >= 11 is 0. The van der Waals surface area contributed by atoms with Crippen molar-refractivity contribution in [3.63, 3.8) is 0 Å². The van der Waals surface area contributed by atoms with E-state index in [9.17, 15) is 19.5 Å². The van der Waals surface area contributed by atoms with Gasteiger partial charge in [0.1, 0.15) is 0 Å². The molecular formula is C21H24N2O5. The van der Waals surface area contributed by atoms with Crippen LogP contribution in [0.25, 0.3) is 0 Å². The lowest BCUT2D eigenvalue weighted by Gasteiger charge is -2.29. The minimum absolute atomic E-state index is 0.309. The van der Waals surface area contributed by atoms with Gasteiger partial charge in [0.15, 0.2) is 11.7 Å². The molecule has 0 spiro atoms. The van der Waals surface area contributed by atoms with Gasteiger partial charge in [0.2, 0.25) is 5.91 Å². The number of aliphatic hydroxyl groups is 1. The standard InChI is InChI=1S/C21H24N2O5/c1-13(15-7-5-4-6-8-15)21(3,27)20(26)28-14(2)19(25)23-17-11-9-16(10-12-17)18(22)24/h4-14,27H,1-3H3,(H2,22,24)(H,23,25)/t13-,14+,21+/m1/s1. The number of carbonyl (C=O) groups is 3. The third-order valence-corrected chi connectivity index (χ3v) is 4.65. The van der Waals surface area contributed by atoms with E-state index in [2.05, 4.69) is 5.32 Å². The van der Waals surface area contributed by atoms with Gasteiger partial charge < -0.3 is 20.9 Å². The fourth-order valence-electron chi connectivity index (χ4n) is 2.54. The van der Waals surface area contributed by atoms with Gasteiger partial charge in [-0.05, 0) is 43.7 Å².